The Morgan fingerprint density at radius 3 is 2.88 bits per heavy atom. The van der Waals surface area contributed by atoms with Gasteiger partial charge in [0.25, 0.3) is 5.56 Å². The number of anilines is 1. The second kappa shape index (κ2) is 4.32. The van der Waals surface area contributed by atoms with Gasteiger partial charge in [0.2, 0.25) is 0 Å². The van der Waals surface area contributed by atoms with Crippen LogP contribution in [0.15, 0.2) is 15.8 Å². The summed E-state index contributed by atoms with van der Waals surface area (Å²) in [5.74, 6) is 0. The van der Waals surface area contributed by atoms with Crippen LogP contribution in [0.4, 0.5) is 5.69 Å². The summed E-state index contributed by atoms with van der Waals surface area (Å²) in [6, 6.07) is 0. The number of hydrogen-bond acceptors (Lipinski definition) is 6. The van der Waals surface area contributed by atoms with Gasteiger partial charge in [-0.3, -0.25) is 14.3 Å². The minimum absolute atomic E-state index is 0.116. The van der Waals surface area contributed by atoms with Gasteiger partial charge in [0.05, 0.1) is 12.7 Å². The number of aromatic amines is 1. The molecule has 1 aromatic heterocycles. The van der Waals surface area contributed by atoms with Gasteiger partial charge in [-0.2, -0.15) is 0 Å². The second-order valence-corrected chi connectivity index (χ2v) is 3.87. The molecule has 1 aliphatic heterocycles. The Kier molecular flexibility index (Phi) is 3.01. The number of aliphatic hydroxyl groups is 2. The molecule has 0 spiro atoms. The van der Waals surface area contributed by atoms with Crippen molar-refractivity contribution in [2.45, 2.75) is 24.9 Å². The van der Waals surface area contributed by atoms with Gasteiger partial charge in [0.1, 0.15) is 18.0 Å². The van der Waals surface area contributed by atoms with Gasteiger partial charge in [0, 0.05) is 12.6 Å². The zero-order valence-corrected chi connectivity index (χ0v) is 8.87. The van der Waals surface area contributed by atoms with Gasteiger partial charge >= 0.3 is 5.69 Å². The summed E-state index contributed by atoms with van der Waals surface area (Å²) in [5.41, 5.74) is 3.94. The average molecular weight is 243 g/mol. The standard InChI is InChI=1S/C9H13N3O5/c10-4-2-12(9(16)11-8(4)15)7-1-5(14)6(3-13)17-7/h2,5-7,13-14H,1,3,10H2,(H,11,15,16)/t5-,6+,7+/m0/s1. The lowest BCUT2D eigenvalue weighted by molar-refractivity contribution is -0.0458. The first-order chi connectivity index (χ1) is 8.02. The van der Waals surface area contributed by atoms with Crippen LogP contribution in [0.3, 0.4) is 0 Å². The van der Waals surface area contributed by atoms with Crippen LogP contribution in [0, 0.1) is 0 Å². The minimum Gasteiger partial charge on any atom is -0.394 e. The Hall–Kier alpha value is -1.64. The lowest BCUT2D eigenvalue weighted by Gasteiger charge is -2.14. The van der Waals surface area contributed by atoms with Crippen molar-refractivity contribution in [3.8, 4) is 0 Å². The van der Waals surface area contributed by atoms with Crippen LogP contribution in [0.1, 0.15) is 12.6 Å². The van der Waals surface area contributed by atoms with E-state index >= 15 is 0 Å². The van der Waals surface area contributed by atoms with Gasteiger partial charge in [-0.15, -0.1) is 0 Å². The van der Waals surface area contributed by atoms with E-state index in [1.807, 2.05) is 4.98 Å². The molecule has 0 saturated carbocycles. The number of rotatable bonds is 2. The monoisotopic (exact) mass is 243 g/mol. The number of H-pyrrole nitrogens is 1. The van der Waals surface area contributed by atoms with E-state index in [4.69, 9.17) is 15.6 Å². The third-order valence-electron chi connectivity index (χ3n) is 2.69. The highest BCUT2D eigenvalue weighted by Crippen LogP contribution is 2.27. The first-order valence-corrected chi connectivity index (χ1v) is 5.08. The maximum Gasteiger partial charge on any atom is 0.330 e. The maximum atomic E-state index is 11.5. The molecule has 17 heavy (non-hydrogen) atoms. The molecule has 8 nitrogen and oxygen atoms in total. The normalized spacial score (nSPS) is 28.5. The summed E-state index contributed by atoms with van der Waals surface area (Å²) in [6.45, 7) is -0.342. The molecule has 0 unspecified atom stereocenters. The summed E-state index contributed by atoms with van der Waals surface area (Å²) in [5, 5.41) is 18.4. The van der Waals surface area contributed by atoms with Crippen LogP contribution in [0.5, 0.6) is 0 Å². The van der Waals surface area contributed by atoms with E-state index in [9.17, 15) is 14.7 Å². The van der Waals surface area contributed by atoms with Crippen LogP contribution in [-0.2, 0) is 4.74 Å². The van der Waals surface area contributed by atoms with E-state index in [1.165, 1.54) is 0 Å². The molecule has 2 heterocycles. The summed E-state index contributed by atoms with van der Waals surface area (Å²) in [7, 11) is 0. The zero-order valence-electron chi connectivity index (χ0n) is 8.87. The summed E-state index contributed by atoms with van der Waals surface area (Å²) < 4.78 is 6.36. The molecule has 1 saturated heterocycles. The molecule has 0 aliphatic carbocycles. The summed E-state index contributed by atoms with van der Waals surface area (Å²) in [4.78, 5) is 24.6. The molecule has 8 heteroatoms. The highest BCUT2D eigenvalue weighted by atomic mass is 16.5. The van der Waals surface area contributed by atoms with Crippen LogP contribution in [0.2, 0.25) is 0 Å². The van der Waals surface area contributed by atoms with Gasteiger partial charge in [-0.05, 0) is 0 Å². The van der Waals surface area contributed by atoms with Gasteiger partial charge in [0.15, 0.2) is 0 Å². The van der Waals surface area contributed by atoms with Crippen molar-refractivity contribution >= 4 is 5.69 Å². The second-order valence-electron chi connectivity index (χ2n) is 3.87. The maximum absolute atomic E-state index is 11.5. The smallest absolute Gasteiger partial charge is 0.330 e. The molecule has 0 bridgehead atoms. The highest BCUT2D eigenvalue weighted by molar-refractivity contribution is 5.30. The van der Waals surface area contributed by atoms with Crippen molar-refractivity contribution in [2.75, 3.05) is 12.3 Å². The highest BCUT2D eigenvalue weighted by Gasteiger charge is 2.34. The van der Waals surface area contributed by atoms with Crippen LogP contribution < -0.4 is 17.0 Å². The summed E-state index contributed by atoms with van der Waals surface area (Å²) in [6.07, 6.45) is -1.02. The molecule has 0 aromatic carbocycles. The summed E-state index contributed by atoms with van der Waals surface area (Å²) >= 11 is 0. The molecule has 1 aromatic rings. The van der Waals surface area contributed by atoms with E-state index in [2.05, 4.69) is 0 Å². The van der Waals surface area contributed by atoms with Gasteiger partial charge in [-0.1, -0.05) is 0 Å². The molecule has 3 atom stereocenters. The Balaban J connectivity index is 2.34. The zero-order chi connectivity index (χ0) is 12.6. The molecular formula is C9H13N3O5. The van der Waals surface area contributed by atoms with Crippen LogP contribution >= 0.6 is 0 Å². The van der Waals surface area contributed by atoms with Crippen LogP contribution in [0.25, 0.3) is 0 Å². The fourth-order valence-electron chi connectivity index (χ4n) is 1.77. The first-order valence-electron chi connectivity index (χ1n) is 5.08. The Bertz CT molecular complexity index is 522. The van der Waals surface area contributed by atoms with Crippen molar-refractivity contribution in [3.05, 3.63) is 27.0 Å². The van der Waals surface area contributed by atoms with Gasteiger partial charge in [-0.25, -0.2) is 4.79 Å². The molecule has 5 N–H and O–H groups in total. The van der Waals surface area contributed by atoms with E-state index < -0.39 is 29.7 Å². The van der Waals surface area contributed by atoms with E-state index in [-0.39, 0.29) is 18.7 Å². The largest absolute Gasteiger partial charge is 0.394 e. The molecule has 1 fully saturated rings. The third-order valence-corrected chi connectivity index (χ3v) is 2.69. The van der Waals surface area contributed by atoms with E-state index in [1.54, 1.807) is 0 Å². The molecule has 0 amide bonds. The molecule has 94 valence electrons. The number of nitrogens with two attached hydrogens (primary N) is 1. The number of nitrogens with one attached hydrogen (secondary N) is 1. The molecule has 2 rings (SSSR count). The van der Waals surface area contributed by atoms with Crippen molar-refractivity contribution in [1.29, 1.82) is 0 Å². The number of nitrogens with zero attached hydrogens (tertiary/aromatic N) is 1. The Labute approximate surface area is 95.3 Å². The molecule has 0 radical (unpaired) electrons. The van der Waals surface area contributed by atoms with E-state index in [0.717, 1.165) is 10.8 Å². The van der Waals surface area contributed by atoms with Gasteiger partial charge < -0.3 is 20.7 Å². The number of hydrogen-bond donors (Lipinski definition) is 4. The van der Waals surface area contributed by atoms with E-state index in [0.29, 0.717) is 0 Å². The number of ether oxygens (including phenoxy) is 1. The van der Waals surface area contributed by atoms with Crippen molar-refractivity contribution < 1.29 is 14.9 Å². The van der Waals surface area contributed by atoms with Crippen molar-refractivity contribution in [2.24, 2.45) is 0 Å². The number of aromatic nitrogens is 2. The average Bonchev–Trinajstić information content (AvgIpc) is 2.65. The predicted molar refractivity (Wildman–Crippen MR) is 57.4 cm³/mol. The van der Waals surface area contributed by atoms with Crippen molar-refractivity contribution in [1.82, 2.24) is 9.55 Å². The SMILES string of the molecule is Nc1cn([C@H]2C[C@H](O)[C@@H](CO)O2)c(=O)[nH]c1=O. The number of aliphatic hydroxyl groups excluding tert-OH is 2. The lowest BCUT2D eigenvalue weighted by Crippen LogP contribution is -2.33. The molecule has 1 aliphatic rings. The Morgan fingerprint density at radius 1 is 1.59 bits per heavy atom. The molecular weight excluding hydrogens is 230 g/mol. The fourth-order valence-corrected chi connectivity index (χ4v) is 1.77. The van der Waals surface area contributed by atoms with Crippen LogP contribution in [-0.4, -0.2) is 38.6 Å². The fraction of sp³-hybridized carbons (Fsp3) is 0.556. The lowest BCUT2D eigenvalue weighted by atomic mass is 10.2. The number of nitrogen functional groups attached to an aromatic ring is 1. The predicted octanol–water partition coefficient (Wildman–Crippen LogP) is -2.24. The topological polar surface area (TPSA) is 131 Å². The Morgan fingerprint density at radius 2 is 2.29 bits per heavy atom. The van der Waals surface area contributed by atoms with Crippen molar-refractivity contribution in [3.63, 3.8) is 0 Å². The minimum atomic E-state index is -0.856. The quantitative estimate of drug-likeness (QED) is 0.464. The first kappa shape index (κ1) is 11.8. The third kappa shape index (κ3) is 2.09.